The van der Waals surface area contributed by atoms with Gasteiger partial charge in [-0.2, -0.15) is 0 Å². The molecule has 0 bridgehead atoms. The maximum atomic E-state index is 12.3. The summed E-state index contributed by atoms with van der Waals surface area (Å²) < 4.78 is 17.2. The van der Waals surface area contributed by atoms with Crippen LogP contribution in [0.2, 0.25) is 0 Å². The van der Waals surface area contributed by atoms with E-state index in [-0.39, 0.29) is 48.1 Å². The molecule has 0 saturated heterocycles. The minimum atomic E-state index is -1.06. The van der Waals surface area contributed by atoms with Crippen LogP contribution in [-0.2, 0) is 20.8 Å². The molecule has 1 aliphatic carbocycles. The van der Waals surface area contributed by atoms with Crippen LogP contribution in [0.5, 0.6) is 11.6 Å². The van der Waals surface area contributed by atoms with Gasteiger partial charge in [-0.05, 0) is 41.5 Å². The second-order valence-electron chi connectivity index (χ2n) is 6.56. The standard InChI is InChI=1S/C21H21NO5S/c1-3-17(23)21-18(24)11-13(12-19(21)25)16-5-4-6-20(22-16)27-14-7-9-15(10-8-14)28(2)26/h4-10,13,24H,3,11-12H2,1-2H3. The van der Waals surface area contributed by atoms with Gasteiger partial charge < -0.3 is 14.4 Å². The van der Waals surface area contributed by atoms with E-state index in [1.54, 1.807) is 55.6 Å². The summed E-state index contributed by atoms with van der Waals surface area (Å²) in [7, 11) is 0. The van der Waals surface area contributed by atoms with Crippen LogP contribution < -0.4 is 4.74 Å². The molecule has 1 aliphatic rings. The molecule has 2 unspecified atom stereocenters. The molecule has 0 spiro atoms. The Hall–Kier alpha value is -2.64. The Balaban J connectivity index is 1.77. The first-order valence-electron chi connectivity index (χ1n) is 8.95. The Kier molecular flexibility index (Phi) is 6.16. The fourth-order valence-electron chi connectivity index (χ4n) is 3.13. The predicted octanol–water partition coefficient (Wildman–Crippen LogP) is 3.85. The van der Waals surface area contributed by atoms with Gasteiger partial charge in [0.2, 0.25) is 5.88 Å². The van der Waals surface area contributed by atoms with E-state index in [4.69, 9.17) is 4.74 Å². The van der Waals surface area contributed by atoms with Crippen molar-refractivity contribution in [1.82, 2.24) is 4.98 Å². The van der Waals surface area contributed by atoms with Gasteiger partial charge in [0.1, 0.15) is 17.8 Å². The first-order valence-corrected chi connectivity index (χ1v) is 10.5. The number of carbonyl (C=O) groups is 2. The van der Waals surface area contributed by atoms with Crippen molar-refractivity contribution in [2.45, 2.75) is 37.0 Å². The molecule has 1 aromatic heterocycles. The van der Waals surface area contributed by atoms with Crippen molar-refractivity contribution in [3.05, 3.63) is 59.5 Å². The number of Topliss-reactive ketones (excluding diaryl/α,β-unsaturated/α-hetero) is 2. The minimum Gasteiger partial charge on any atom is -0.612 e. The van der Waals surface area contributed by atoms with E-state index in [2.05, 4.69) is 4.98 Å². The van der Waals surface area contributed by atoms with Crippen molar-refractivity contribution in [3.8, 4) is 11.6 Å². The molecule has 28 heavy (non-hydrogen) atoms. The molecule has 0 aliphatic heterocycles. The predicted molar refractivity (Wildman–Crippen MR) is 105 cm³/mol. The van der Waals surface area contributed by atoms with Crippen LogP contribution in [0.15, 0.2) is 58.7 Å². The number of benzene rings is 1. The van der Waals surface area contributed by atoms with Gasteiger partial charge in [0, 0.05) is 36.9 Å². The summed E-state index contributed by atoms with van der Waals surface area (Å²) in [5, 5.41) is 10.2. The second-order valence-corrected chi connectivity index (χ2v) is 7.93. The number of aromatic nitrogens is 1. The molecule has 0 radical (unpaired) electrons. The number of aliphatic hydroxyl groups excluding tert-OH is 1. The molecule has 0 amide bonds. The van der Waals surface area contributed by atoms with Crippen molar-refractivity contribution in [3.63, 3.8) is 0 Å². The molecular formula is C21H21NO5S. The number of ketones is 2. The Morgan fingerprint density at radius 2 is 1.96 bits per heavy atom. The summed E-state index contributed by atoms with van der Waals surface area (Å²) in [4.78, 5) is 29.3. The van der Waals surface area contributed by atoms with Crippen molar-refractivity contribution in [2.24, 2.45) is 0 Å². The average Bonchev–Trinajstić information content (AvgIpc) is 2.68. The zero-order valence-corrected chi connectivity index (χ0v) is 16.5. The SMILES string of the molecule is CCC(=O)C1=C(O)CC(c2cccc(Oc3ccc([S+](C)[O-])cc3)n2)CC1=O. The number of pyridine rings is 1. The van der Waals surface area contributed by atoms with Crippen LogP contribution in [0, 0.1) is 0 Å². The molecule has 1 aromatic carbocycles. The fourth-order valence-corrected chi connectivity index (χ4v) is 3.65. The van der Waals surface area contributed by atoms with E-state index >= 15 is 0 Å². The van der Waals surface area contributed by atoms with Crippen LogP contribution in [0.1, 0.15) is 37.8 Å². The molecular weight excluding hydrogens is 378 g/mol. The fraction of sp³-hybridized carbons (Fsp3) is 0.286. The number of ether oxygens (including phenoxy) is 1. The van der Waals surface area contributed by atoms with Gasteiger partial charge in [-0.25, -0.2) is 4.98 Å². The molecule has 7 heteroatoms. The maximum Gasteiger partial charge on any atom is 0.219 e. The monoisotopic (exact) mass is 399 g/mol. The van der Waals surface area contributed by atoms with Crippen LogP contribution in [0.3, 0.4) is 0 Å². The molecule has 0 fully saturated rings. The summed E-state index contributed by atoms with van der Waals surface area (Å²) in [6.07, 6.45) is 2.11. The van der Waals surface area contributed by atoms with Crippen molar-refractivity contribution in [2.75, 3.05) is 6.26 Å². The molecule has 1 heterocycles. The molecule has 0 saturated carbocycles. The first-order chi connectivity index (χ1) is 13.4. The molecule has 146 valence electrons. The third-order valence-corrected chi connectivity index (χ3v) is 5.52. The highest BCUT2D eigenvalue weighted by Crippen LogP contribution is 2.34. The average molecular weight is 399 g/mol. The zero-order valence-electron chi connectivity index (χ0n) is 15.7. The topological polar surface area (TPSA) is 99.6 Å². The third-order valence-electron chi connectivity index (χ3n) is 4.58. The van der Waals surface area contributed by atoms with Crippen molar-refractivity contribution >= 4 is 22.7 Å². The van der Waals surface area contributed by atoms with E-state index in [9.17, 15) is 19.2 Å². The largest absolute Gasteiger partial charge is 0.612 e. The van der Waals surface area contributed by atoms with Crippen LogP contribution in [0.4, 0.5) is 0 Å². The van der Waals surface area contributed by atoms with E-state index in [0.717, 1.165) is 0 Å². The van der Waals surface area contributed by atoms with Crippen LogP contribution in [-0.4, -0.2) is 32.5 Å². The molecule has 1 N–H and O–H groups in total. The minimum absolute atomic E-state index is 0.0699. The van der Waals surface area contributed by atoms with Gasteiger partial charge in [-0.1, -0.05) is 13.0 Å². The lowest BCUT2D eigenvalue weighted by Gasteiger charge is -2.22. The van der Waals surface area contributed by atoms with Crippen molar-refractivity contribution in [1.29, 1.82) is 0 Å². The number of allylic oxidation sites excluding steroid dienone is 2. The van der Waals surface area contributed by atoms with Gasteiger partial charge in [-0.3, -0.25) is 9.59 Å². The van der Waals surface area contributed by atoms with Gasteiger partial charge >= 0.3 is 0 Å². The third kappa shape index (κ3) is 4.43. The normalized spacial score (nSPS) is 18.1. The Morgan fingerprint density at radius 3 is 2.57 bits per heavy atom. The molecule has 2 atom stereocenters. The number of rotatable bonds is 6. The summed E-state index contributed by atoms with van der Waals surface area (Å²) in [6, 6.07) is 12.1. The molecule has 2 aromatic rings. The highest BCUT2D eigenvalue weighted by molar-refractivity contribution is 7.90. The number of aliphatic hydroxyl groups is 1. The Morgan fingerprint density at radius 1 is 1.25 bits per heavy atom. The van der Waals surface area contributed by atoms with E-state index in [0.29, 0.717) is 22.2 Å². The van der Waals surface area contributed by atoms with Gasteiger partial charge in [0.15, 0.2) is 16.5 Å². The van der Waals surface area contributed by atoms with E-state index < -0.39 is 11.2 Å². The highest BCUT2D eigenvalue weighted by atomic mass is 32.2. The van der Waals surface area contributed by atoms with E-state index in [1.165, 1.54) is 0 Å². The van der Waals surface area contributed by atoms with Crippen LogP contribution in [0.25, 0.3) is 0 Å². The molecule has 6 nitrogen and oxygen atoms in total. The second kappa shape index (κ2) is 8.58. The van der Waals surface area contributed by atoms with Crippen LogP contribution >= 0.6 is 0 Å². The smallest absolute Gasteiger partial charge is 0.219 e. The van der Waals surface area contributed by atoms with E-state index in [1.807, 2.05) is 0 Å². The quantitative estimate of drug-likeness (QED) is 0.585. The summed E-state index contributed by atoms with van der Waals surface area (Å²) in [5.74, 6) is -0.246. The lowest BCUT2D eigenvalue weighted by Crippen LogP contribution is -2.23. The number of carbonyl (C=O) groups excluding carboxylic acids is 2. The number of hydrogen-bond acceptors (Lipinski definition) is 6. The Labute approximate surface area is 166 Å². The number of hydrogen-bond donors (Lipinski definition) is 1. The maximum absolute atomic E-state index is 12.3. The summed E-state index contributed by atoms with van der Waals surface area (Å²) in [5.41, 5.74) is 0.547. The molecule has 3 rings (SSSR count). The lowest BCUT2D eigenvalue weighted by molar-refractivity contribution is -0.122. The van der Waals surface area contributed by atoms with Gasteiger partial charge in [0.05, 0.1) is 5.57 Å². The first kappa shape index (κ1) is 20.1. The number of nitrogens with zero attached hydrogens (tertiary/aromatic N) is 1. The summed E-state index contributed by atoms with van der Waals surface area (Å²) >= 11 is -1.06. The summed E-state index contributed by atoms with van der Waals surface area (Å²) in [6.45, 7) is 1.66. The lowest BCUT2D eigenvalue weighted by atomic mass is 9.83. The zero-order chi connectivity index (χ0) is 20.3. The van der Waals surface area contributed by atoms with Gasteiger partial charge in [0.25, 0.3) is 0 Å². The van der Waals surface area contributed by atoms with Gasteiger partial charge in [-0.15, -0.1) is 0 Å². The van der Waals surface area contributed by atoms with Crippen molar-refractivity contribution < 1.29 is 24.0 Å². The highest BCUT2D eigenvalue weighted by Gasteiger charge is 2.32. The Bertz CT molecular complexity index is 921.